The van der Waals surface area contributed by atoms with Crippen LogP contribution in [0.4, 0.5) is 0 Å². The van der Waals surface area contributed by atoms with Gasteiger partial charge in [-0.05, 0) is 25.2 Å². The summed E-state index contributed by atoms with van der Waals surface area (Å²) in [4.78, 5) is 1.23. The Morgan fingerprint density at radius 2 is 2.43 bits per heavy atom. The molecule has 0 radical (unpaired) electrons. The maximum absolute atomic E-state index is 5.34. The Morgan fingerprint density at radius 3 is 3.00 bits per heavy atom. The predicted molar refractivity (Wildman–Crippen MR) is 66.5 cm³/mol. The van der Waals surface area contributed by atoms with E-state index < -0.39 is 0 Å². The van der Waals surface area contributed by atoms with Gasteiger partial charge in [0.05, 0.1) is 6.04 Å². The lowest BCUT2D eigenvalue weighted by Gasteiger charge is -2.08. The Balaban J connectivity index is 2.50. The molecule has 0 fully saturated rings. The first-order valence-corrected chi connectivity index (χ1v) is 6.06. The van der Waals surface area contributed by atoms with Crippen LogP contribution in [0.15, 0.2) is 33.6 Å². The van der Waals surface area contributed by atoms with Crippen molar-refractivity contribution in [2.75, 3.05) is 12.8 Å². The second-order valence-electron chi connectivity index (χ2n) is 2.78. The van der Waals surface area contributed by atoms with E-state index in [0.717, 1.165) is 10.2 Å². The molecule has 14 heavy (non-hydrogen) atoms. The standard InChI is InChI=1S/C11H12BrNS/c1-3-10(13-2)8-14-11-6-4-5-9(12)7-11/h1,4-7,10,13H,8H2,2H3. The van der Waals surface area contributed by atoms with Gasteiger partial charge in [-0.1, -0.05) is 27.9 Å². The molecule has 0 amide bonds. The summed E-state index contributed by atoms with van der Waals surface area (Å²) in [7, 11) is 1.88. The third-order valence-corrected chi connectivity index (χ3v) is 3.34. The fourth-order valence-electron chi connectivity index (χ4n) is 0.951. The minimum absolute atomic E-state index is 0.138. The second kappa shape index (κ2) is 6.13. The number of halogens is 1. The lowest BCUT2D eigenvalue weighted by Crippen LogP contribution is -2.25. The van der Waals surface area contributed by atoms with E-state index in [1.165, 1.54) is 4.90 Å². The zero-order chi connectivity index (χ0) is 10.4. The summed E-state index contributed by atoms with van der Waals surface area (Å²) >= 11 is 5.19. The highest BCUT2D eigenvalue weighted by atomic mass is 79.9. The number of rotatable bonds is 4. The first-order valence-electron chi connectivity index (χ1n) is 4.28. The van der Waals surface area contributed by atoms with E-state index in [-0.39, 0.29) is 6.04 Å². The van der Waals surface area contributed by atoms with Gasteiger partial charge < -0.3 is 5.32 Å². The number of terminal acetylenes is 1. The molecule has 1 aromatic rings. The van der Waals surface area contributed by atoms with Crippen LogP contribution in [0.1, 0.15) is 0 Å². The molecule has 1 aromatic carbocycles. The van der Waals surface area contributed by atoms with Crippen LogP contribution in [0.2, 0.25) is 0 Å². The summed E-state index contributed by atoms with van der Waals surface area (Å²) < 4.78 is 1.10. The molecule has 1 nitrogen and oxygen atoms in total. The molecule has 74 valence electrons. The molecule has 1 N–H and O–H groups in total. The quantitative estimate of drug-likeness (QED) is 0.667. The maximum atomic E-state index is 5.34. The molecular weight excluding hydrogens is 258 g/mol. The smallest absolute Gasteiger partial charge is 0.0779 e. The molecule has 0 spiro atoms. The summed E-state index contributed by atoms with van der Waals surface area (Å²) in [6.07, 6.45) is 5.34. The lowest BCUT2D eigenvalue weighted by atomic mass is 10.4. The number of benzene rings is 1. The van der Waals surface area contributed by atoms with Gasteiger partial charge in [-0.2, -0.15) is 0 Å². The van der Waals surface area contributed by atoms with Crippen LogP contribution < -0.4 is 5.32 Å². The molecule has 1 unspecified atom stereocenters. The van der Waals surface area contributed by atoms with Crippen LogP contribution in [-0.2, 0) is 0 Å². The molecule has 0 aliphatic carbocycles. The topological polar surface area (TPSA) is 12.0 Å². The zero-order valence-corrected chi connectivity index (χ0v) is 10.4. The van der Waals surface area contributed by atoms with Gasteiger partial charge in [-0.15, -0.1) is 18.2 Å². The average molecular weight is 270 g/mol. The van der Waals surface area contributed by atoms with Crippen molar-refractivity contribution in [3.05, 3.63) is 28.7 Å². The van der Waals surface area contributed by atoms with Gasteiger partial charge in [0.15, 0.2) is 0 Å². The van der Waals surface area contributed by atoms with Crippen molar-refractivity contribution < 1.29 is 0 Å². The summed E-state index contributed by atoms with van der Waals surface area (Å²) in [6.45, 7) is 0. The first kappa shape index (κ1) is 11.6. The molecule has 0 aromatic heterocycles. The second-order valence-corrected chi connectivity index (χ2v) is 4.79. The fourth-order valence-corrected chi connectivity index (χ4v) is 2.51. The fraction of sp³-hybridized carbons (Fsp3) is 0.273. The van der Waals surface area contributed by atoms with Crippen LogP contribution >= 0.6 is 27.7 Å². The average Bonchev–Trinajstić information content (AvgIpc) is 2.19. The monoisotopic (exact) mass is 269 g/mol. The summed E-state index contributed by atoms with van der Waals surface area (Å²) in [5.74, 6) is 3.59. The van der Waals surface area contributed by atoms with Crippen molar-refractivity contribution in [2.24, 2.45) is 0 Å². The summed E-state index contributed by atoms with van der Waals surface area (Å²) in [5.41, 5.74) is 0. The summed E-state index contributed by atoms with van der Waals surface area (Å²) in [5, 5.41) is 3.07. The van der Waals surface area contributed by atoms with Gasteiger partial charge >= 0.3 is 0 Å². The van der Waals surface area contributed by atoms with Crippen LogP contribution in [0, 0.1) is 12.3 Å². The van der Waals surface area contributed by atoms with Crippen LogP contribution in [-0.4, -0.2) is 18.8 Å². The van der Waals surface area contributed by atoms with E-state index in [1.807, 2.05) is 19.2 Å². The number of thioether (sulfide) groups is 1. The van der Waals surface area contributed by atoms with Crippen molar-refractivity contribution in [1.29, 1.82) is 0 Å². The minimum atomic E-state index is 0.138. The van der Waals surface area contributed by atoms with Crippen LogP contribution in [0.25, 0.3) is 0 Å². The van der Waals surface area contributed by atoms with Gasteiger partial charge in [-0.25, -0.2) is 0 Å². The maximum Gasteiger partial charge on any atom is 0.0779 e. The molecule has 1 rings (SSSR count). The number of nitrogens with one attached hydrogen (secondary N) is 1. The summed E-state index contributed by atoms with van der Waals surface area (Å²) in [6, 6.07) is 8.35. The van der Waals surface area contributed by atoms with Gasteiger partial charge in [0, 0.05) is 15.1 Å². The molecule has 0 bridgehead atoms. The number of hydrogen-bond donors (Lipinski definition) is 1. The van der Waals surface area contributed by atoms with E-state index in [1.54, 1.807) is 11.8 Å². The molecule has 0 aliphatic rings. The largest absolute Gasteiger partial charge is 0.306 e. The van der Waals surface area contributed by atoms with Crippen molar-refractivity contribution in [3.8, 4) is 12.3 Å². The Hall–Kier alpha value is -0.430. The first-order chi connectivity index (χ1) is 6.76. The molecule has 0 saturated heterocycles. The minimum Gasteiger partial charge on any atom is -0.306 e. The Kier molecular flexibility index (Phi) is 5.10. The van der Waals surface area contributed by atoms with Gasteiger partial charge in [0.25, 0.3) is 0 Å². The highest BCUT2D eigenvalue weighted by Gasteiger charge is 2.02. The highest BCUT2D eigenvalue weighted by molar-refractivity contribution is 9.10. The Bertz CT molecular complexity index is 332. The third kappa shape index (κ3) is 3.75. The SMILES string of the molecule is C#CC(CSc1cccc(Br)c1)NC. The normalized spacial score (nSPS) is 12.1. The van der Waals surface area contributed by atoms with E-state index in [9.17, 15) is 0 Å². The third-order valence-electron chi connectivity index (χ3n) is 1.76. The van der Waals surface area contributed by atoms with E-state index in [0.29, 0.717) is 0 Å². The van der Waals surface area contributed by atoms with Crippen molar-refractivity contribution in [1.82, 2.24) is 5.32 Å². The molecule has 3 heteroatoms. The zero-order valence-electron chi connectivity index (χ0n) is 7.96. The van der Waals surface area contributed by atoms with Gasteiger partial charge in [0.1, 0.15) is 0 Å². The Morgan fingerprint density at radius 1 is 1.64 bits per heavy atom. The number of hydrogen-bond acceptors (Lipinski definition) is 2. The molecule has 0 aliphatic heterocycles. The molecule has 0 saturated carbocycles. The predicted octanol–water partition coefficient (Wildman–Crippen LogP) is 2.76. The van der Waals surface area contributed by atoms with Crippen LogP contribution in [0.5, 0.6) is 0 Å². The Labute approximate surface area is 97.8 Å². The molecular formula is C11H12BrNS. The van der Waals surface area contributed by atoms with Gasteiger partial charge in [0.2, 0.25) is 0 Å². The van der Waals surface area contributed by atoms with E-state index >= 15 is 0 Å². The van der Waals surface area contributed by atoms with Crippen molar-refractivity contribution >= 4 is 27.7 Å². The van der Waals surface area contributed by atoms with Crippen molar-refractivity contribution in [3.63, 3.8) is 0 Å². The van der Waals surface area contributed by atoms with E-state index in [2.05, 4.69) is 39.3 Å². The van der Waals surface area contributed by atoms with Crippen molar-refractivity contribution in [2.45, 2.75) is 10.9 Å². The molecule has 0 heterocycles. The van der Waals surface area contributed by atoms with Crippen LogP contribution in [0.3, 0.4) is 0 Å². The highest BCUT2D eigenvalue weighted by Crippen LogP contribution is 2.22. The van der Waals surface area contributed by atoms with Gasteiger partial charge in [-0.3, -0.25) is 0 Å². The molecule has 1 atom stereocenters. The van der Waals surface area contributed by atoms with E-state index in [4.69, 9.17) is 6.42 Å². The lowest BCUT2D eigenvalue weighted by molar-refractivity contribution is 0.759.